The summed E-state index contributed by atoms with van der Waals surface area (Å²) >= 11 is 0. The van der Waals surface area contributed by atoms with Crippen LogP contribution in [0.5, 0.6) is 0 Å². The quantitative estimate of drug-likeness (QED) is 0.559. The lowest BCUT2D eigenvalue weighted by atomic mass is 9.90. The average Bonchev–Trinajstić information content (AvgIpc) is 2.23. The fraction of sp³-hybridized carbons (Fsp3) is 0.643. The summed E-state index contributed by atoms with van der Waals surface area (Å²) in [6.07, 6.45) is 2.30. The molecule has 0 aromatic heterocycles. The smallest absolute Gasteiger partial charge is 0.314 e. The van der Waals surface area contributed by atoms with E-state index in [9.17, 15) is 14.4 Å². The van der Waals surface area contributed by atoms with Gasteiger partial charge in [0.25, 0.3) is 0 Å². The zero-order chi connectivity index (χ0) is 14.5. The molecular weight excluding hydrogens is 232 g/mol. The van der Waals surface area contributed by atoms with Crippen molar-refractivity contribution in [3.05, 3.63) is 12.2 Å². The Morgan fingerprint density at radius 3 is 1.61 bits per heavy atom. The summed E-state index contributed by atoms with van der Waals surface area (Å²) in [4.78, 5) is 34.3. The number of aliphatic carboxylic acids is 1. The van der Waals surface area contributed by atoms with E-state index < -0.39 is 17.7 Å². The van der Waals surface area contributed by atoms with Gasteiger partial charge < -0.3 is 5.11 Å². The van der Waals surface area contributed by atoms with E-state index in [0.29, 0.717) is 0 Å². The Kier molecular flexibility index (Phi) is 6.52. The van der Waals surface area contributed by atoms with Crippen molar-refractivity contribution in [3.8, 4) is 0 Å². The maximum Gasteiger partial charge on any atom is 0.314 e. The van der Waals surface area contributed by atoms with Gasteiger partial charge in [-0.05, 0) is 24.0 Å². The first-order valence-corrected chi connectivity index (χ1v) is 6.17. The number of ketones is 2. The lowest BCUT2D eigenvalue weighted by Gasteiger charge is -2.13. The molecule has 0 fully saturated rings. The SMILES string of the molecule is CC(C)C(C)C(=O)/C=C/C(=O)C(C(=O)O)C(C)C. The molecule has 0 spiro atoms. The number of rotatable bonds is 7. The van der Waals surface area contributed by atoms with Gasteiger partial charge in [0.15, 0.2) is 11.6 Å². The van der Waals surface area contributed by atoms with Crippen LogP contribution in [0.3, 0.4) is 0 Å². The van der Waals surface area contributed by atoms with E-state index in [-0.39, 0.29) is 23.5 Å². The molecule has 0 saturated heterocycles. The Hall–Kier alpha value is -1.45. The van der Waals surface area contributed by atoms with Crippen LogP contribution in [0.15, 0.2) is 12.2 Å². The van der Waals surface area contributed by atoms with Crippen molar-refractivity contribution in [2.45, 2.75) is 34.6 Å². The van der Waals surface area contributed by atoms with Crippen LogP contribution in [0, 0.1) is 23.7 Å². The summed E-state index contributed by atoms with van der Waals surface area (Å²) < 4.78 is 0. The predicted octanol–water partition coefficient (Wildman–Crippen LogP) is 2.33. The minimum absolute atomic E-state index is 0.147. The Labute approximate surface area is 108 Å². The van der Waals surface area contributed by atoms with Gasteiger partial charge in [-0.25, -0.2) is 0 Å². The van der Waals surface area contributed by atoms with Crippen LogP contribution in [-0.2, 0) is 14.4 Å². The molecule has 0 saturated carbocycles. The van der Waals surface area contributed by atoms with Crippen LogP contribution in [0.4, 0.5) is 0 Å². The van der Waals surface area contributed by atoms with E-state index in [4.69, 9.17) is 5.11 Å². The van der Waals surface area contributed by atoms with Crippen LogP contribution >= 0.6 is 0 Å². The zero-order valence-corrected chi connectivity index (χ0v) is 11.6. The van der Waals surface area contributed by atoms with Gasteiger partial charge in [0.05, 0.1) is 0 Å². The average molecular weight is 254 g/mol. The number of hydrogen-bond acceptors (Lipinski definition) is 3. The fourth-order valence-electron chi connectivity index (χ4n) is 1.48. The highest BCUT2D eigenvalue weighted by Crippen LogP contribution is 2.15. The topological polar surface area (TPSA) is 71.4 Å². The lowest BCUT2D eigenvalue weighted by Crippen LogP contribution is -2.27. The van der Waals surface area contributed by atoms with Crippen molar-refractivity contribution in [2.24, 2.45) is 23.7 Å². The molecule has 0 radical (unpaired) electrons. The van der Waals surface area contributed by atoms with Gasteiger partial charge in [-0.3, -0.25) is 14.4 Å². The molecule has 0 aromatic rings. The number of carbonyl (C=O) groups is 3. The van der Waals surface area contributed by atoms with E-state index in [1.54, 1.807) is 20.8 Å². The number of carboxylic acid groups (broad SMARTS) is 1. The minimum atomic E-state index is -1.15. The minimum Gasteiger partial charge on any atom is -0.481 e. The summed E-state index contributed by atoms with van der Waals surface area (Å²) in [6, 6.07) is 0. The third-order valence-electron chi connectivity index (χ3n) is 3.10. The molecule has 18 heavy (non-hydrogen) atoms. The second-order valence-corrected chi connectivity index (χ2v) is 5.23. The molecule has 102 valence electrons. The molecular formula is C14H22O4. The summed E-state index contributed by atoms with van der Waals surface area (Å²) in [5, 5.41) is 8.94. The molecule has 0 aliphatic carbocycles. The highest BCUT2D eigenvalue weighted by atomic mass is 16.4. The van der Waals surface area contributed by atoms with Crippen LogP contribution in [0.2, 0.25) is 0 Å². The standard InChI is InChI=1S/C14H22O4/c1-8(2)10(5)11(15)6-7-12(16)13(9(3)4)14(17)18/h6-10,13H,1-5H3,(H,17,18)/b7-6+. The Bertz CT molecular complexity index is 353. The number of allylic oxidation sites excluding steroid dienone is 2. The van der Waals surface area contributed by atoms with Gasteiger partial charge in [0, 0.05) is 5.92 Å². The maximum absolute atomic E-state index is 11.7. The summed E-state index contributed by atoms with van der Waals surface area (Å²) in [7, 11) is 0. The van der Waals surface area contributed by atoms with E-state index in [0.717, 1.165) is 6.08 Å². The molecule has 2 unspecified atom stereocenters. The number of carbonyl (C=O) groups excluding carboxylic acids is 2. The van der Waals surface area contributed by atoms with E-state index in [2.05, 4.69) is 0 Å². The van der Waals surface area contributed by atoms with Crippen LogP contribution in [0.1, 0.15) is 34.6 Å². The summed E-state index contributed by atoms with van der Waals surface area (Å²) in [6.45, 7) is 8.98. The van der Waals surface area contributed by atoms with Crippen molar-refractivity contribution in [2.75, 3.05) is 0 Å². The normalized spacial score (nSPS) is 15.1. The first-order chi connectivity index (χ1) is 8.18. The largest absolute Gasteiger partial charge is 0.481 e. The zero-order valence-electron chi connectivity index (χ0n) is 11.6. The summed E-state index contributed by atoms with van der Waals surface area (Å²) in [5.41, 5.74) is 0. The van der Waals surface area contributed by atoms with Gasteiger partial charge in [0.1, 0.15) is 5.92 Å². The second-order valence-electron chi connectivity index (χ2n) is 5.23. The van der Waals surface area contributed by atoms with Crippen LogP contribution in [0.25, 0.3) is 0 Å². The first kappa shape index (κ1) is 16.6. The maximum atomic E-state index is 11.7. The van der Waals surface area contributed by atoms with Crippen molar-refractivity contribution < 1.29 is 19.5 Å². The van der Waals surface area contributed by atoms with Crippen molar-refractivity contribution >= 4 is 17.5 Å². The van der Waals surface area contributed by atoms with Gasteiger partial charge in [-0.1, -0.05) is 34.6 Å². The fourth-order valence-corrected chi connectivity index (χ4v) is 1.48. The molecule has 0 bridgehead atoms. The monoisotopic (exact) mass is 254 g/mol. The van der Waals surface area contributed by atoms with E-state index >= 15 is 0 Å². The van der Waals surface area contributed by atoms with E-state index in [1.165, 1.54) is 6.08 Å². The molecule has 0 rings (SSSR count). The molecule has 4 heteroatoms. The van der Waals surface area contributed by atoms with Crippen molar-refractivity contribution in [1.82, 2.24) is 0 Å². The van der Waals surface area contributed by atoms with Crippen molar-refractivity contribution in [1.29, 1.82) is 0 Å². The summed E-state index contributed by atoms with van der Waals surface area (Å²) in [5.74, 6) is -3.17. The molecule has 0 aliphatic rings. The van der Waals surface area contributed by atoms with Gasteiger partial charge in [-0.2, -0.15) is 0 Å². The Morgan fingerprint density at radius 2 is 1.28 bits per heavy atom. The molecule has 1 N–H and O–H groups in total. The Balaban J connectivity index is 4.74. The molecule has 0 aromatic carbocycles. The molecule has 2 atom stereocenters. The van der Waals surface area contributed by atoms with Crippen molar-refractivity contribution in [3.63, 3.8) is 0 Å². The molecule has 0 amide bonds. The molecule has 4 nitrogen and oxygen atoms in total. The third-order valence-corrected chi connectivity index (χ3v) is 3.10. The van der Waals surface area contributed by atoms with Gasteiger partial charge in [-0.15, -0.1) is 0 Å². The molecule has 0 aliphatic heterocycles. The molecule has 0 heterocycles. The van der Waals surface area contributed by atoms with Gasteiger partial charge >= 0.3 is 5.97 Å². The third kappa shape index (κ3) is 4.82. The van der Waals surface area contributed by atoms with Crippen LogP contribution < -0.4 is 0 Å². The Morgan fingerprint density at radius 1 is 0.833 bits per heavy atom. The highest BCUT2D eigenvalue weighted by molar-refractivity contribution is 6.07. The lowest BCUT2D eigenvalue weighted by molar-refractivity contribution is -0.146. The van der Waals surface area contributed by atoms with Crippen LogP contribution in [-0.4, -0.2) is 22.6 Å². The highest BCUT2D eigenvalue weighted by Gasteiger charge is 2.27. The number of carboxylic acids is 1. The van der Waals surface area contributed by atoms with E-state index in [1.807, 2.05) is 13.8 Å². The second kappa shape index (κ2) is 7.09. The van der Waals surface area contributed by atoms with Gasteiger partial charge in [0.2, 0.25) is 0 Å². The number of hydrogen-bond donors (Lipinski definition) is 1. The first-order valence-electron chi connectivity index (χ1n) is 6.17. The predicted molar refractivity (Wildman–Crippen MR) is 69.1 cm³/mol.